The van der Waals surface area contributed by atoms with Gasteiger partial charge in [0.15, 0.2) is 5.84 Å². The highest BCUT2D eigenvalue weighted by Gasteiger charge is 2.28. The summed E-state index contributed by atoms with van der Waals surface area (Å²) in [5.41, 5.74) is 3.71. The van der Waals surface area contributed by atoms with Gasteiger partial charge in [0.1, 0.15) is 4.90 Å². The molecule has 0 aliphatic carbocycles. The maximum Gasteiger partial charge on any atom is 0.285 e. The number of benzene rings is 2. The Morgan fingerprint density at radius 3 is 2.55 bits per heavy atom. The summed E-state index contributed by atoms with van der Waals surface area (Å²) in [6, 6.07) is 12.7. The number of anilines is 1. The fraction of sp³-hybridized carbons (Fsp3) is 0.133. The van der Waals surface area contributed by atoms with Gasteiger partial charge < -0.3 is 5.32 Å². The van der Waals surface area contributed by atoms with Crippen molar-refractivity contribution < 1.29 is 8.42 Å². The molecule has 0 aromatic heterocycles. The van der Waals surface area contributed by atoms with E-state index in [1.54, 1.807) is 24.3 Å². The summed E-state index contributed by atoms with van der Waals surface area (Å²) < 4.78 is 27.8. The van der Waals surface area contributed by atoms with E-state index in [0.717, 1.165) is 16.8 Å². The first-order chi connectivity index (χ1) is 9.49. The number of aryl methyl sites for hydroxylation is 1. The second-order valence-corrected chi connectivity index (χ2v) is 6.36. The molecule has 1 aliphatic heterocycles. The van der Waals surface area contributed by atoms with Crippen LogP contribution >= 0.6 is 0 Å². The van der Waals surface area contributed by atoms with Gasteiger partial charge >= 0.3 is 0 Å². The van der Waals surface area contributed by atoms with Crippen LogP contribution in [-0.4, -0.2) is 14.3 Å². The van der Waals surface area contributed by atoms with Gasteiger partial charge in [-0.1, -0.05) is 24.3 Å². The Morgan fingerprint density at radius 1 is 1.00 bits per heavy atom. The Hall–Kier alpha value is -2.14. The molecule has 5 heteroatoms. The molecule has 102 valence electrons. The van der Waals surface area contributed by atoms with E-state index in [0.29, 0.717) is 11.4 Å². The number of fused-ring (bicyclic) bond motifs is 1. The highest BCUT2D eigenvalue weighted by Crippen LogP contribution is 2.27. The maximum atomic E-state index is 12.0. The number of nitrogens with zero attached hydrogens (tertiary/aromatic N) is 1. The Bertz CT molecular complexity index is 824. The lowest BCUT2D eigenvalue weighted by Gasteiger charge is -2.11. The monoisotopic (exact) mass is 286 g/mol. The van der Waals surface area contributed by atoms with Crippen LogP contribution in [0, 0.1) is 13.8 Å². The SMILES string of the molecule is Cc1cccc(NC2=NS(=O)(=O)c3ccccc32)c1C. The number of hydrogen-bond donors (Lipinski definition) is 1. The molecule has 4 nitrogen and oxygen atoms in total. The van der Waals surface area contributed by atoms with Crippen molar-refractivity contribution >= 4 is 21.5 Å². The van der Waals surface area contributed by atoms with Gasteiger partial charge in [0, 0.05) is 11.3 Å². The Labute approximate surface area is 118 Å². The van der Waals surface area contributed by atoms with E-state index in [4.69, 9.17) is 0 Å². The number of nitrogens with one attached hydrogen (secondary N) is 1. The molecule has 0 fully saturated rings. The van der Waals surface area contributed by atoms with Crippen LogP contribution in [0.15, 0.2) is 51.8 Å². The third kappa shape index (κ3) is 2.00. The molecule has 1 N–H and O–H groups in total. The summed E-state index contributed by atoms with van der Waals surface area (Å²) in [4.78, 5) is 0.257. The first-order valence-corrected chi connectivity index (χ1v) is 7.71. The van der Waals surface area contributed by atoms with Crippen LogP contribution < -0.4 is 5.32 Å². The summed E-state index contributed by atoms with van der Waals surface area (Å²) >= 11 is 0. The van der Waals surface area contributed by atoms with Crippen LogP contribution in [0.1, 0.15) is 16.7 Å². The van der Waals surface area contributed by atoms with Crippen LogP contribution in [0.3, 0.4) is 0 Å². The van der Waals surface area contributed by atoms with Crippen molar-refractivity contribution in [2.45, 2.75) is 18.7 Å². The maximum absolute atomic E-state index is 12.0. The zero-order valence-corrected chi connectivity index (χ0v) is 12.0. The molecule has 0 spiro atoms. The third-order valence-electron chi connectivity index (χ3n) is 3.49. The lowest BCUT2D eigenvalue weighted by molar-refractivity contribution is 0.599. The molecule has 0 radical (unpaired) electrons. The summed E-state index contributed by atoms with van der Waals surface area (Å²) in [5, 5.41) is 3.13. The molecule has 1 aliphatic rings. The minimum absolute atomic E-state index is 0.257. The van der Waals surface area contributed by atoms with Crippen LogP contribution in [0.2, 0.25) is 0 Å². The molecule has 0 unspecified atom stereocenters. The van der Waals surface area contributed by atoms with Crippen LogP contribution in [0.4, 0.5) is 5.69 Å². The molecule has 0 saturated carbocycles. The average molecular weight is 286 g/mol. The lowest BCUT2D eigenvalue weighted by atomic mass is 10.1. The second kappa shape index (κ2) is 4.45. The van der Waals surface area contributed by atoms with Crippen molar-refractivity contribution in [3.8, 4) is 0 Å². The van der Waals surface area contributed by atoms with Gasteiger partial charge in [-0.3, -0.25) is 0 Å². The Kier molecular flexibility index (Phi) is 2.87. The number of amidine groups is 1. The minimum Gasteiger partial charge on any atom is -0.339 e. The van der Waals surface area contributed by atoms with E-state index in [1.165, 1.54) is 0 Å². The standard InChI is InChI=1S/C15H14N2O2S/c1-10-6-5-8-13(11(10)2)16-15-12-7-3-4-9-14(12)20(18,19)17-15/h3-9H,1-2H3,(H,16,17). The molecule has 3 rings (SSSR count). The van der Waals surface area contributed by atoms with Gasteiger partial charge in [-0.15, -0.1) is 4.40 Å². The summed E-state index contributed by atoms with van der Waals surface area (Å²) in [7, 11) is -3.57. The van der Waals surface area contributed by atoms with Crippen molar-refractivity contribution in [1.82, 2.24) is 0 Å². The highest BCUT2D eigenvalue weighted by molar-refractivity contribution is 7.90. The van der Waals surface area contributed by atoms with Crippen molar-refractivity contribution in [2.75, 3.05) is 5.32 Å². The van der Waals surface area contributed by atoms with E-state index in [-0.39, 0.29) is 4.90 Å². The smallest absolute Gasteiger partial charge is 0.285 e. The molecule has 0 atom stereocenters. The summed E-state index contributed by atoms with van der Waals surface area (Å²) in [6.07, 6.45) is 0. The number of rotatable bonds is 1. The Balaban J connectivity index is 2.07. The zero-order chi connectivity index (χ0) is 14.3. The van der Waals surface area contributed by atoms with E-state index in [9.17, 15) is 8.42 Å². The predicted octanol–water partition coefficient (Wildman–Crippen LogP) is 2.86. The number of sulfonamides is 1. The summed E-state index contributed by atoms with van der Waals surface area (Å²) in [6.45, 7) is 4.01. The first-order valence-electron chi connectivity index (χ1n) is 6.27. The van der Waals surface area contributed by atoms with Crippen molar-refractivity contribution in [2.24, 2.45) is 4.40 Å². The van der Waals surface area contributed by atoms with Gasteiger partial charge in [0.05, 0.1) is 0 Å². The number of hydrogen-bond acceptors (Lipinski definition) is 3. The molecule has 0 amide bonds. The Morgan fingerprint density at radius 2 is 1.75 bits per heavy atom. The molecule has 0 saturated heterocycles. The van der Waals surface area contributed by atoms with Gasteiger partial charge in [0.2, 0.25) is 0 Å². The van der Waals surface area contributed by atoms with Crippen molar-refractivity contribution in [3.05, 3.63) is 59.2 Å². The highest BCUT2D eigenvalue weighted by atomic mass is 32.2. The molecular weight excluding hydrogens is 272 g/mol. The van der Waals surface area contributed by atoms with Crippen LogP contribution in [-0.2, 0) is 10.0 Å². The summed E-state index contributed by atoms with van der Waals surface area (Å²) in [5.74, 6) is 0.384. The molecule has 1 heterocycles. The van der Waals surface area contributed by atoms with E-state index < -0.39 is 10.0 Å². The zero-order valence-electron chi connectivity index (χ0n) is 11.2. The average Bonchev–Trinajstić information content (AvgIpc) is 2.67. The van der Waals surface area contributed by atoms with Gasteiger partial charge in [-0.2, -0.15) is 8.42 Å². The third-order valence-corrected chi connectivity index (χ3v) is 4.82. The van der Waals surface area contributed by atoms with E-state index >= 15 is 0 Å². The second-order valence-electron chi connectivity index (χ2n) is 4.78. The normalized spacial score (nSPS) is 15.6. The van der Waals surface area contributed by atoms with Crippen molar-refractivity contribution in [1.29, 1.82) is 0 Å². The quantitative estimate of drug-likeness (QED) is 0.877. The molecule has 2 aromatic rings. The molecule has 20 heavy (non-hydrogen) atoms. The van der Waals surface area contributed by atoms with Crippen molar-refractivity contribution in [3.63, 3.8) is 0 Å². The first kappa shape index (κ1) is 12.9. The van der Waals surface area contributed by atoms with Crippen LogP contribution in [0.5, 0.6) is 0 Å². The topological polar surface area (TPSA) is 58.5 Å². The lowest BCUT2D eigenvalue weighted by Crippen LogP contribution is -2.12. The van der Waals surface area contributed by atoms with E-state index in [1.807, 2.05) is 32.0 Å². The fourth-order valence-corrected chi connectivity index (χ4v) is 3.39. The van der Waals surface area contributed by atoms with Crippen LogP contribution in [0.25, 0.3) is 0 Å². The minimum atomic E-state index is -3.57. The largest absolute Gasteiger partial charge is 0.339 e. The van der Waals surface area contributed by atoms with E-state index in [2.05, 4.69) is 9.71 Å². The van der Waals surface area contributed by atoms with Gasteiger partial charge in [0.25, 0.3) is 10.0 Å². The molecular formula is C15H14N2O2S. The fourth-order valence-electron chi connectivity index (χ4n) is 2.21. The predicted molar refractivity (Wildman–Crippen MR) is 79.7 cm³/mol. The van der Waals surface area contributed by atoms with Gasteiger partial charge in [-0.25, -0.2) is 0 Å². The van der Waals surface area contributed by atoms with Gasteiger partial charge in [-0.05, 0) is 43.2 Å². The molecule has 0 bridgehead atoms. The molecule has 2 aromatic carbocycles.